The van der Waals surface area contributed by atoms with Gasteiger partial charge < -0.3 is 5.73 Å². The first-order valence-corrected chi connectivity index (χ1v) is 5.78. The van der Waals surface area contributed by atoms with Gasteiger partial charge in [-0.3, -0.25) is 4.90 Å². The highest BCUT2D eigenvalue weighted by Gasteiger charge is 2.19. The number of nitrogens with two attached hydrogens (primary N) is 1. The SMILES string of the molecule is C=C/C=C(\C=C)CN1CCC(C(=C)N)CC1. The Morgan fingerprint density at radius 3 is 2.38 bits per heavy atom. The maximum absolute atomic E-state index is 5.73. The monoisotopic (exact) mass is 218 g/mol. The molecule has 0 unspecified atom stereocenters. The van der Waals surface area contributed by atoms with E-state index in [1.54, 1.807) is 0 Å². The van der Waals surface area contributed by atoms with E-state index >= 15 is 0 Å². The van der Waals surface area contributed by atoms with E-state index in [0.717, 1.165) is 38.2 Å². The smallest absolute Gasteiger partial charge is 0.0233 e. The van der Waals surface area contributed by atoms with Crippen LogP contribution in [-0.2, 0) is 0 Å². The van der Waals surface area contributed by atoms with Crippen LogP contribution in [0.3, 0.4) is 0 Å². The molecule has 0 radical (unpaired) electrons. The fourth-order valence-electron chi connectivity index (χ4n) is 2.06. The van der Waals surface area contributed by atoms with Crippen molar-refractivity contribution >= 4 is 0 Å². The molecule has 0 atom stereocenters. The molecule has 1 aliphatic rings. The third-order valence-electron chi connectivity index (χ3n) is 3.11. The van der Waals surface area contributed by atoms with Gasteiger partial charge in [0, 0.05) is 18.2 Å². The Balaban J connectivity index is 2.42. The van der Waals surface area contributed by atoms with Crippen molar-refractivity contribution < 1.29 is 0 Å². The Kier molecular flexibility index (Phi) is 5.06. The van der Waals surface area contributed by atoms with Crippen LogP contribution in [0.5, 0.6) is 0 Å². The van der Waals surface area contributed by atoms with Crippen molar-refractivity contribution in [3.63, 3.8) is 0 Å². The van der Waals surface area contributed by atoms with Crippen LogP contribution in [0, 0.1) is 5.92 Å². The zero-order valence-corrected chi connectivity index (χ0v) is 9.99. The van der Waals surface area contributed by atoms with Crippen LogP contribution in [0.1, 0.15) is 12.8 Å². The van der Waals surface area contributed by atoms with E-state index in [9.17, 15) is 0 Å². The average molecular weight is 218 g/mol. The summed E-state index contributed by atoms with van der Waals surface area (Å²) in [5, 5.41) is 0. The van der Waals surface area contributed by atoms with E-state index in [0.29, 0.717) is 5.92 Å². The van der Waals surface area contributed by atoms with Gasteiger partial charge in [-0.2, -0.15) is 0 Å². The largest absolute Gasteiger partial charge is 0.402 e. The predicted molar refractivity (Wildman–Crippen MR) is 71.0 cm³/mol. The molecule has 2 heteroatoms. The van der Waals surface area contributed by atoms with Crippen molar-refractivity contribution in [1.29, 1.82) is 0 Å². The number of hydrogen-bond acceptors (Lipinski definition) is 2. The molecule has 1 heterocycles. The van der Waals surface area contributed by atoms with Gasteiger partial charge in [-0.1, -0.05) is 38.0 Å². The maximum Gasteiger partial charge on any atom is 0.0233 e. The van der Waals surface area contributed by atoms with Crippen LogP contribution >= 0.6 is 0 Å². The third-order valence-corrected chi connectivity index (χ3v) is 3.11. The molecule has 88 valence electrons. The second kappa shape index (κ2) is 6.33. The lowest BCUT2D eigenvalue weighted by molar-refractivity contribution is 0.214. The topological polar surface area (TPSA) is 29.3 Å². The summed E-state index contributed by atoms with van der Waals surface area (Å²) >= 11 is 0. The normalized spacial score (nSPS) is 19.4. The van der Waals surface area contributed by atoms with Crippen LogP contribution in [0.4, 0.5) is 0 Å². The first kappa shape index (κ1) is 12.8. The number of likely N-dealkylation sites (tertiary alicyclic amines) is 1. The minimum atomic E-state index is 0.506. The minimum absolute atomic E-state index is 0.506. The van der Waals surface area contributed by atoms with E-state index < -0.39 is 0 Å². The molecule has 0 aromatic carbocycles. The fraction of sp³-hybridized carbons (Fsp3) is 0.429. The van der Waals surface area contributed by atoms with Gasteiger partial charge >= 0.3 is 0 Å². The minimum Gasteiger partial charge on any atom is -0.402 e. The predicted octanol–water partition coefficient (Wildman–Crippen LogP) is 2.47. The van der Waals surface area contributed by atoms with Crippen molar-refractivity contribution in [3.8, 4) is 0 Å². The second-order valence-electron chi connectivity index (χ2n) is 4.31. The van der Waals surface area contributed by atoms with Gasteiger partial charge in [0.05, 0.1) is 0 Å². The summed E-state index contributed by atoms with van der Waals surface area (Å²) in [6, 6.07) is 0. The third kappa shape index (κ3) is 3.70. The van der Waals surface area contributed by atoms with Gasteiger partial charge in [0.2, 0.25) is 0 Å². The highest BCUT2D eigenvalue weighted by molar-refractivity contribution is 5.22. The second-order valence-corrected chi connectivity index (χ2v) is 4.31. The number of nitrogens with zero attached hydrogens (tertiary/aromatic N) is 1. The highest BCUT2D eigenvalue weighted by atomic mass is 15.1. The molecular weight excluding hydrogens is 196 g/mol. The van der Waals surface area contributed by atoms with Crippen molar-refractivity contribution in [2.24, 2.45) is 11.7 Å². The molecule has 0 spiro atoms. The van der Waals surface area contributed by atoms with E-state index in [-0.39, 0.29) is 0 Å². The average Bonchev–Trinajstić information content (AvgIpc) is 2.29. The zero-order valence-electron chi connectivity index (χ0n) is 9.99. The van der Waals surface area contributed by atoms with Gasteiger partial charge in [0.25, 0.3) is 0 Å². The van der Waals surface area contributed by atoms with E-state index in [1.165, 1.54) is 5.57 Å². The zero-order chi connectivity index (χ0) is 12.0. The van der Waals surface area contributed by atoms with E-state index in [2.05, 4.69) is 24.6 Å². The fourth-order valence-corrected chi connectivity index (χ4v) is 2.06. The summed E-state index contributed by atoms with van der Waals surface area (Å²) in [5.74, 6) is 0.506. The van der Waals surface area contributed by atoms with Crippen LogP contribution in [-0.4, -0.2) is 24.5 Å². The van der Waals surface area contributed by atoms with Crippen molar-refractivity contribution in [2.75, 3.05) is 19.6 Å². The molecule has 16 heavy (non-hydrogen) atoms. The number of rotatable bonds is 5. The van der Waals surface area contributed by atoms with E-state index in [1.807, 2.05) is 18.2 Å². The summed E-state index contributed by atoms with van der Waals surface area (Å²) < 4.78 is 0. The molecule has 0 aromatic rings. The Morgan fingerprint density at radius 1 is 1.31 bits per heavy atom. The molecule has 2 N–H and O–H groups in total. The van der Waals surface area contributed by atoms with Crippen LogP contribution < -0.4 is 5.73 Å². The summed E-state index contributed by atoms with van der Waals surface area (Å²) in [6.07, 6.45) is 7.96. The Morgan fingerprint density at radius 2 is 1.94 bits per heavy atom. The first-order valence-electron chi connectivity index (χ1n) is 5.78. The van der Waals surface area contributed by atoms with Crippen molar-refractivity contribution in [3.05, 3.63) is 49.2 Å². The van der Waals surface area contributed by atoms with Gasteiger partial charge in [-0.15, -0.1) is 0 Å². The lowest BCUT2D eigenvalue weighted by Gasteiger charge is -2.32. The molecule has 1 saturated heterocycles. The Labute approximate surface area is 98.8 Å². The Bertz CT molecular complexity index is 294. The molecule has 0 saturated carbocycles. The van der Waals surface area contributed by atoms with Crippen LogP contribution in [0.15, 0.2) is 49.2 Å². The molecular formula is C14H22N2. The molecule has 1 rings (SSSR count). The molecule has 1 aliphatic heterocycles. The van der Waals surface area contributed by atoms with Crippen LogP contribution in [0.2, 0.25) is 0 Å². The molecule has 0 bridgehead atoms. The molecule has 1 fully saturated rings. The number of piperidine rings is 1. The molecule has 0 amide bonds. The van der Waals surface area contributed by atoms with Crippen LogP contribution in [0.25, 0.3) is 0 Å². The van der Waals surface area contributed by atoms with Crippen molar-refractivity contribution in [1.82, 2.24) is 4.90 Å². The highest BCUT2D eigenvalue weighted by Crippen LogP contribution is 2.21. The lowest BCUT2D eigenvalue weighted by Crippen LogP contribution is -2.36. The quantitative estimate of drug-likeness (QED) is 0.718. The molecule has 0 aliphatic carbocycles. The van der Waals surface area contributed by atoms with Crippen molar-refractivity contribution in [2.45, 2.75) is 12.8 Å². The maximum atomic E-state index is 5.73. The van der Waals surface area contributed by atoms with Gasteiger partial charge in [0.15, 0.2) is 0 Å². The summed E-state index contributed by atoms with van der Waals surface area (Å²) in [7, 11) is 0. The summed E-state index contributed by atoms with van der Waals surface area (Å²) in [5.41, 5.74) is 7.79. The Hall–Kier alpha value is -1.28. The number of hydrogen-bond donors (Lipinski definition) is 1. The van der Waals surface area contributed by atoms with Gasteiger partial charge in [0.1, 0.15) is 0 Å². The first-order chi connectivity index (χ1) is 7.67. The molecule has 2 nitrogen and oxygen atoms in total. The standard InChI is InChI=1S/C14H22N2/c1-4-6-13(5-2)11-16-9-7-14(8-10-16)12(3)15/h4-6,14H,1-3,7-11,15H2/b13-6+. The lowest BCUT2D eigenvalue weighted by atomic mass is 9.94. The van der Waals surface area contributed by atoms with Gasteiger partial charge in [-0.25, -0.2) is 0 Å². The number of allylic oxidation sites excluding steroid dienone is 3. The summed E-state index contributed by atoms with van der Waals surface area (Å²) in [6.45, 7) is 14.5. The van der Waals surface area contributed by atoms with E-state index in [4.69, 9.17) is 5.73 Å². The van der Waals surface area contributed by atoms with Gasteiger partial charge in [-0.05, 0) is 31.5 Å². The molecule has 0 aromatic heterocycles. The summed E-state index contributed by atoms with van der Waals surface area (Å²) in [4.78, 5) is 2.43.